The van der Waals surface area contributed by atoms with Crippen LogP contribution in [0.1, 0.15) is 54.4 Å². The van der Waals surface area contributed by atoms with Crippen LogP contribution in [0.15, 0.2) is 11.6 Å². The largest absolute Gasteiger partial charge is 0.462 e. The van der Waals surface area contributed by atoms with Gasteiger partial charge in [-0.1, -0.05) is 26.8 Å². The van der Waals surface area contributed by atoms with Gasteiger partial charge in [0.2, 0.25) is 0 Å². The van der Waals surface area contributed by atoms with Crippen molar-refractivity contribution in [2.45, 2.75) is 96.6 Å². The van der Waals surface area contributed by atoms with Gasteiger partial charge in [-0.3, -0.25) is 4.79 Å². The van der Waals surface area contributed by atoms with Crippen LogP contribution in [-0.4, -0.2) is 80.3 Å². The molecule has 2 radical (unpaired) electrons. The van der Waals surface area contributed by atoms with Gasteiger partial charge in [0, 0.05) is 119 Å². The molecule has 0 amide bonds. The van der Waals surface area contributed by atoms with E-state index in [1.165, 1.54) is 13.8 Å². The third-order valence-electron chi connectivity index (χ3n) is 8.12. The zero-order valence-corrected chi connectivity index (χ0v) is 29.9. The van der Waals surface area contributed by atoms with Gasteiger partial charge in [-0.05, 0) is 31.3 Å². The van der Waals surface area contributed by atoms with Crippen LogP contribution in [0.25, 0.3) is 0 Å². The molecule has 0 spiro atoms. The molecule has 10 atom stereocenters. The van der Waals surface area contributed by atoms with Crippen molar-refractivity contribution in [1.29, 1.82) is 0 Å². The third-order valence-corrected chi connectivity index (χ3v) is 8.12. The van der Waals surface area contributed by atoms with Gasteiger partial charge in [-0.25, -0.2) is 0 Å². The number of hydrogen-bond acceptors (Lipinski definition) is 8. The number of hydrogen-bond donors (Lipinski definition) is 5. The van der Waals surface area contributed by atoms with Crippen LogP contribution in [0.3, 0.4) is 0 Å². The minimum absolute atomic E-state index is 0. The maximum Gasteiger partial charge on any atom is 0.302 e. The Morgan fingerprint density at radius 1 is 1.18 bits per heavy atom. The minimum atomic E-state index is -1.46. The van der Waals surface area contributed by atoms with Gasteiger partial charge in [-0.15, -0.1) is 0 Å². The number of fused-ring (bicyclic) bond motifs is 1. The van der Waals surface area contributed by atoms with E-state index in [4.69, 9.17) is 9.47 Å². The van der Waals surface area contributed by atoms with Crippen molar-refractivity contribution >= 4 is 5.97 Å². The number of carbonyl (C=O) groups excluding carboxylic acids is 1. The summed E-state index contributed by atoms with van der Waals surface area (Å²) >= 11 is 0. The molecule has 0 aromatic carbocycles. The van der Waals surface area contributed by atoms with E-state index < -0.39 is 70.9 Å². The summed E-state index contributed by atoms with van der Waals surface area (Å²) in [5.41, 5.74) is -2.53. The molecule has 3 aliphatic rings. The van der Waals surface area contributed by atoms with Crippen LogP contribution in [0.2, 0.25) is 0 Å². The Kier molecular flexibility index (Phi) is 11.7. The zero-order chi connectivity index (χ0) is 23.5. The molecule has 0 aromatic rings. The standard InChI is InChI=1S/C23H38O8.2Ac/c1-11-9-21(4,5)14(7-15(11)26)18(31-13(3)25)19-22(6,20(28)12(2)24)16(27)8-17-23(19,29)10-30-17;;/h9,12,14-20,24,26-29H,7-8,10H2,1-6H3;;/t12-,14?,15+,16+,17-,18-,19?,20-,22-,23+;;/m1../s1. The van der Waals surface area contributed by atoms with Gasteiger partial charge in [0.15, 0.2) is 0 Å². The van der Waals surface area contributed by atoms with Crippen molar-refractivity contribution in [2.24, 2.45) is 22.7 Å². The van der Waals surface area contributed by atoms with Crippen molar-refractivity contribution in [2.75, 3.05) is 6.61 Å². The van der Waals surface area contributed by atoms with E-state index in [0.717, 1.165) is 5.57 Å². The van der Waals surface area contributed by atoms with Gasteiger partial charge in [-0.2, -0.15) is 0 Å². The van der Waals surface area contributed by atoms with Gasteiger partial charge in [0.25, 0.3) is 0 Å². The van der Waals surface area contributed by atoms with Gasteiger partial charge < -0.3 is 35.0 Å². The van der Waals surface area contributed by atoms with Gasteiger partial charge in [0.05, 0.1) is 37.1 Å². The third kappa shape index (κ3) is 5.82. The van der Waals surface area contributed by atoms with E-state index in [0.29, 0.717) is 6.42 Å². The van der Waals surface area contributed by atoms with E-state index in [1.807, 2.05) is 26.8 Å². The number of carbonyl (C=O) groups is 1. The summed E-state index contributed by atoms with van der Waals surface area (Å²) in [6, 6.07) is 0. The molecule has 33 heavy (non-hydrogen) atoms. The maximum absolute atomic E-state index is 12.2. The second-order valence-electron chi connectivity index (χ2n) is 10.7. The molecule has 5 N–H and O–H groups in total. The van der Waals surface area contributed by atoms with E-state index in [9.17, 15) is 30.3 Å². The maximum atomic E-state index is 12.2. The molecule has 1 saturated heterocycles. The molecule has 0 bridgehead atoms. The molecular formula is C23H38Ac2O8. The number of ether oxygens (including phenoxy) is 2. The average Bonchev–Trinajstić information content (AvgIpc) is 2.64. The minimum Gasteiger partial charge on any atom is -0.462 e. The summed E-state index contributed by atoms with van der Waals surface area (Å²) in [5, 5.41) is 54.7. The Hall–Kier alpha value is 1.85. The predicted molar refractivity (Wildman–Crippen MR) is 112 cm³/mol. The molecule has 1 heterocycles. The Balaban J connectivity index is 0.00000272. The van der Waals surface area contributed by atoms with E-state index in [1.54, 1.807) is 6.92 Å². The number of esters is 1. The molecular weight excluding hydrogens is 858 g/mol. The molecule has 184 valence electrons. The van der Waals surface area contributed by atoms with Gasteiger partial charge >= 0.3 is 5.97 Å². The first kappa shape index (κ1) is 32.9. The first-order valence-corrected chi connectivity index (χ1v) is 11.1. The van der Waals surface area contributed by atoms with E-state index in [2.05, 4.69) is 0 Å². The van der Waals surface area contributed by atoms with E-state index in [-0.39, 0.29) is 101 Å². The van der Waals surface area contributed by atoms with Crippen LogP contribution < -0.4 is 0 Å². The number of rotatable bonds is 5. The van der Waals surface area contributed by atoms with Crippen LogP contribution in [-0.2, 0) is 14.3 Å². The zero-order valence-electron chi connectivity index (χ0n) is 20.4. The quantitative estimate of drug-likeness (QED) is 0.200. The van der Waals surface area contributed by atoms with Crippen molar-refractivity contribution in [3.8, 4) is 0 Å². The fourth-order valence-corrected chi connectivity index (χ4v) is 6.33. The smallest absolute Gasteiger partial charge is 0.302 e. The number of allylic oxidation sites excluding steroid dienone is 1. The molecule has 1 saturated carbocycles. The number of aliphatic hydroxyl groups excluding tert-OH is 4. The molecule has 1 aliphatic heterocycles. The molecule has 3 rings (SSSR count). The molecule has 8 nitrogen and oxygen atoms in total. The SMILES string of the molecule is CC(=O)O[C@H](C1C[C@H](O)C(C)=CC1(C)C)C1[C@](C)([C@H](O)[C@@H](C)O)[C@@H](O)C[C@H]2OC[C@@]12O.[Ac].[Ac]. The average molecular weight is 897 g/mol. The Labute approximate surface area is 268 Å². The van der Waals surface area contributed by atoms with Crippen molar-refractivity contribution in [1.82, 2.24) is 0 Å². The summed E-state index contributed by atoms with van der Waals surface area (Å²) < 4.78 is 11.4. The first-order valence-electron chi connectivity index (χ1n) is 11.1. The summed E-state index contributed by atoms with van der Waals surface area (Å²) in [5.74, 6) is -1.90. The number of aliphatic hydroxyl groups is 5. The van der Waals surface area contributed by atoms with Crippen LogP contribution >= 0.6 is 0 Å². The van der Waals surface area contributed by atoms with Crippen molar-refractivity contribution < 1.29 is 128 Å². The normalized spacial score (nSPS) is 42.2. The summed E-state index contributed by atoms with van der Waals surface area (Å²) in [6.45, 7) is 10.1. The fraction of sp³-hybridized carbons (Fsp3) is 0.870. The predicted octanol–water partition coefficient (Wildman–Crippen LogP) is 0.530. The van der Waals surface area contributed by atoms with Crippen LogP contribution in [0.4, 0.5) is 0 Å². The molecule has 2 aliphatic carbocycles. The summed E-state index contributed by atoms with van der Waals surface area (Å²) in [4.78, 5) is 12.2. The molecule has 2 unspecified atom stereocenters. The second kappa shape index (κ2) is 11.7. The second-order valence-corrected chi connectivity index (χ2v) is 10.7. The van der Waals surface area contributed by atoms with E-state index >= 15 is 0 Å². The summed E-state index contributed by atoms with van der Waals surface area (Å²) in [7, 11) is 0. The Morgan fingerprint density at radius 2 is 1.76 bits per heavy atom. The van der Waals surface area contributed by atoms with Crippen LogP contribution in [0, 0.1) is 111 Å². The Morgan fingerprint density at radius 3 is 2.21 bits per heavy atom. The van der Waals surface area contributed by atoms with Crippen molar-refractivity contribution in [3.63, 3.8) is 0 Å². The van der Waals surface area contributed by atoms with Crippen molar-refractivity contribution in [3.05, 3.63) is 11.6 Å². The summed E-state index contributed by atoms with van der Waals surface area (Å²) in [6.07, 6.45) is -3.69. The van der Waals surface area contributed by atoms with Crippen LogP contribution in [0.5, 0.6) is 0 Å². The molecule has 0 aromatic heterocycles. The topological polar surface area (TPSA) is 137 Å². The molecule has 10 heteroatoms. The Bertz CT molecular complexity index is 744. The fourth-order valence-electron chi connectivity index (χ4n) is 6.33. The first-order chi connectivity index (χ1) is 14.2. The van der Waals surface area contributed by atoms with Gasteiger partial charge in [0.1, 0.15) is 11.7 Å². The monoisotopic (exact) mass is 896 g/mol. The molecule has 2 fully saturated rings.